The second-order valence-electron chi connectivity index (χ2n) is 2.71. The Kier molecular flexibility index (Phi) is 3.08. The summed E-state index contributed by atoms with van der Waals surface area (Å²) in [6.45, 7) is 0. The van der Waals surface area contributed by atoms with Gasteiger partial charge in [-0.2, -0.15) is 30.7 Å². The molecule has 16 heavy (non-hydrogen) atoms. The summed E-state index contributed by atoms with van der Waals surface area (Å²) >= 11 is 8.67. The monoisotopic (exact) mass is 296 g/mol. The number of hydrogen-bond donors (Lipinski definition) is 0. The van der Waals surface area contributed by atoms with E-state index in [1.165, 1.54) is 0 Å². The molecule has 0 N–H and O–H groups in total. The zero-order chi connectivity index (χ0) is 13.0. The van der Waals surface area contributed by atoms with Crippen molar-refractivity contribution in [1.82, 2.24) is 0 Å². The predicted octanol–water partition coefficient (Wildman–Crippen LogP) is 3.28. The molecule has 0 saturated carbocycles. The van der Waals surface area contributed by atoms with Gasteiger partial charge in [-0.1, -0.05) is 11.6 Å². The van der Waals surface area contributed by atoms with Gasteiger partial charge in [0.15, 0.2) is 0 Å². The zero-order valence-corrected chi connectivity index (χ0v) is 8.31. The molecule has 0 bridgehead atoms. The Morgan fingerprint density at radius 3 is 1.75 bits per heavy atom. The van der Waals surface area contributed by atoms with Crippen LogP contribution in [0.25, 0.3) is 0 Å². The number of rotatable bonds is 4. The van der Waals surface area contributed by atoms with E-state index in [1.807, 2.05) is 0 Å². The van der Waals surface area contributed by atoms with Crippen LogP contribution in [-0.4, -0.2) is 29.0 Å². The molecule has 1 fully saturated rings. The molecule has 2 atom stereocenters. The van der Waals surface area contributed by atoms with Crippen LogP contribution in [0.3, 0.4) is 0 Å². The molecule has 2 nitrogen and oxygen atoms in total. The SMILES string of the molecule is FC(F)(Cl)C(Cl)OC(F)(F)C1(F)OC1(F)F. The van der Waals surface area contributed by atoms with E-state index in [0.717, 1.165) is 0 Å². The molecule has 11 heteroatoms. The van der Waals surface area contributed by atoms with Crippen molar-refractivity contribution in [1.29, 1.82) is 0 Å². The van der Waals surface area contributed by atoms with E-state index in [2.05, 4.69) is 32.7 Å². The molecule has 0 aromatic carbocycles. The highest BCUT2D eigenvalue weighted by Crippen LogP contribution is 2.61. The van der Waals surface area contributed by atoms with Crippen LogP contribution in [0.15, 0.2) is 0 Å². The summed E-state index contributed by atoms with van der Waals surface area (Å²) in [6.07, 6.45) is -10.2. The quantitative estimate of drug-likeness (QED) is 0.451. The fourth-order valence-corrected chi connectivity index (χ4v) is 0.809. The second kappa shape index (κ2) is 3.50. The highest BCUT2D eigenvalue weighted by atomic mass is 35.5. The maximum absolute atomic E-state index is 12.6. The molecule has 0 spiro atoms. The van der Waals surface area contributed by atoms with Gasteiger partial charge in [0, 0.05) is 0 Å². The maximum atomic E-state index is 12.6. The average Bonchev–Trinajstić information content (AvgIpc) is 2.49. The van der Waals surface area contributed by atoms with Crippen LogP contribution in [0, 0.1) is 0 Å². The lowest BCUT2D eigenvalue weighted by Gasteiger charge is -2.22. The van der Waals surface area contributed by atoms with Gasteiger partial charge in [0.25, 0.3) is 0 Å². The molecule has 0 amide bonds. The van der Waals surface area contributed by atoms with Crippen LogP contribution in [0.1, 0.15) is 0 Å². The summed E-state index contributed by atoms with van der Waals surface area (Å²) in [6, 6.07) is 0. The van der Waals surface area contributed by atoms with E-state index in [9.17, 15) is 30.7 Å². The lowest BCUT2D eigenvalue weighted by Crippen LogP contribution is -2.44. The summed E-state index contributed by atoms with van der Waals surface area (Å²) in [5, 5.41) is -4.49. The largest absolute Gasteiger partial charge is 0.427 e. The summed E-state index contributed by atoms with van der Waals surface area (Å²) in [7, 11) is 0. The molecule has 0 aromatic rings. The van der Waals surface area contributed by atoms with E-state index in [4.69, 9.17) is 0 Å². The maximum Gasteiger partial charge on any atom is 0.427 e. The first-order valence-electron chi connectivity index (χ1n) is 3.37. The minimum absolute atomic E-state index is 2.75. The van der Waals surface area contributed by atoms with Gasteiger partial charge >= 0.3 is 23.5 Å². The topological polar surface area (TPSA) is 21.8 Å². The Morgan fingerprint density at radius 2 is 1.50 bits per heavy atom. The Labute approximate surface area is 93.2 Å². The summed E-state index contributed by atoms with van der Waals surface area (Å²) in [5.74, 6) is -4.82. The van der Waals surface area contributed by atoms with Gasteiger partial charge in [-0.3, -0.25) is 9.47 Å². The molecule has 1 rings (SSSR count). The van der Waals surface area contributed by atoms with E-state index >= 15 is 0 Å². The van der Waals surface area contributed by atoms with Crippen molar-refractivity contribution in [3.63, 3.8) is 0 Å². The highest BCUT2D eigenvalue weighted by molar-refractivity contribution is 6.30. The minimum atomic E-state index is -5.37. The van der Waals surface area contributed by atoms with Crippen LogP contribution in [0.4, 0.5) is 30.7 Å². The van der Waals surface area contributed by atoms with Gasteiger partial charge in [-0.15, -0.1) is 0 Å². The third kappa shape index (κ3) is 2.18. The number of hydrogen-bond acceptors (Lipinski definition) is 2. The van der Waals surface area contributed by atoms with E-state index in [1.54, 1.807) is 0 Å². The lowest BCUT2D eigenvalue weighted by atomic mass is 10.4. The van der Waals surface area contributed by atoms with Gasteiger partial charge in [-0.25, -0.2) is 0 Å². The average molecular weight is 297 g/mol. The van der Waals surface area contributed by atoms with Gasteiger partial charge in [0.2, 0.25) is 5.56 Å². The summed E-state index contributed by atoms with van der Waals surface area (Å²) < 4.78 is 91.6. The van der Waals surface area contributed by atoms with Crippen molar-refractivity contribution in [3.8, 4) is 0 Å². The zero-order valence-electron chi connectivity index (χ0n) is 6.80. The van der Waals surface area contributed by atoms with Crippen molar-refractivity contribution in [2.45, 2.75) is 29.0 Å². The van der Waals surface area contributed by atoms with Crippen LogP contribution in [0.5, 0.6) is 0 Å². The van der Waals surface area contributed by atoms with Crippen LogP contribution in [-0.2, 0) is 9.47 Å². The Bertz CT molecular complexity index is 293. The van der Waals surface area contributed by atoms with Gasteiger partial charge in [0.05, 0.1) is 0 Å². The molecular formula is C5HCl2F7O2. The first kappa shape index (κ1) is 14.1. The molecule has 0 aromatic heterocycles. The smallest absolute Gasteiger partial charge is 0.288 e. The van der Waals surface area contributed by atoms with Crippen molar-refractivity contribution >= 4 is 23.2 Å². The minimum Gasteiger partial charge on any atom is -0.288 e. The number of ether oxygens (including phenoxy) is 2. The lowest BCUT2D eigenvalue weighted by molar-refractivity contribution is -0.329. The van der Waals surface area contributed by atoms with Crippen LogP contribution >= 0.6 is 23.2 Å². The number of halogens is 9. The first-order valence-corrected chi connectivity index (χ1v) is 4.18. The third-order valence-corrected chi connectivity index (χ3v) is 2.16. The fourth-order valence-electron chi connectivity index (χ4n) is 0.652. The fraction of sp³-hybridized carbons (Fsp3) is 1.00. The normalized spacial score (nSPS) is 31.3. The molecule has 1 saturated heterocycles. The van der Waals surface area contributed by atoms with Gasteiger partial charge in [-0.05, 0) is 11.6 Å². The van der Waals surface area contributed by atoms with Crippen molar-refractivity contribution in [2.24, 2.45) is 0 Å². The Hall–Kier alpha value is 0.01000. The van der Waals surface area contributed by atoms with Crippen molar-refractivity contribution < 1.29 is 40.2 Å². The molecular weight excluding hydrogens is 296 g/mol. The van der Waals surface area contributed by atoms with E-state index in [0.29, 0.717) is 0 Å². The molecule has 0 radical (unpaired) electrons. The first-order chi connectivity index (χ1) is 6.83. The van der Waals surface area contributed by atoms with Crippen LogP contribution in [0.2, 0.25) is 0 Å². The second-order valence-corrected chi connectivity index (χ2v) is 3.61. The molecule has 2 unspecified atom stereocenters. The van der Waals surface area contributed by atoms with Crippen LogP contribution < -0.4 is 0 Å². The van der Waals surface area contributed by atoms with Gasteiger partial charge in [0.1, 0.15) is 0 Å². The third-order valence-electron chi connectivity index (χ3n) is 1.48. The number of epoxide rings is 1. The summed E-state index contributed by atoms with van der Waals surface area (Å²) in [5.41, 5.74) is -3.21. The Morgan fingerprint density at radius 1 is 1.12 bits per heavy atom. The molecule has 1 aliphatic rings. The molecule has 1 aliphatic heterocycles. The molecule has 96 valence electrons. The molecule has 0 aliphatic carbocycles. The Balaban J connectivity index is 2.75. The summed E-state index contributed by atoms with van der Waals surface area (Å²) in [4.78, 5) is 0. The number of alkyl halides is 9. The van der Waals surface area contributed by atoms with Crippen molar-refractivity contribution in [3.05, 3.63) is 0 Å². The van der Waals surface area contributed by atoms with Crippen molar-refractivity contribution in [2.75, 3.05) is 0 Å². The van der Waals surface area contributed by atoms with E-state index < -0.39 is 29.0 Å². The highest BCUT2D eigenvalue weighted by Gasteiger charge is 2.90. The van der Waals surface area contributed by atoms with E-state index in [-0.39, 0.29) is 0 Å². The standard InChI is InChI=1S/C5HCl2F7O2/c6-1(2(7,8)9)15-4(11,12)3(10)5(13,14)16-3/h1H. The molecule has 1 heterocycles. The predicted molar refractivity (Wildman–Crippen MR) is 36.3 cm³/mol. The van der Waals surface area contributed by atoms with Gasteiger partial charge < -0.3 is 0 Å².